The molecule has 0 bridgehead atoms. The van der Waals surface area contributed by atoms with E-state index in [1.54, 1.807) is 0 Å². The highest BCUT2D eigenvalue weighted by molar-refractivity contribution is 7.99. The summed E-state index contributed by atoms with van der Waals surface area (Å²) in [4.78, 5) is 0. The summed E-state index contributed by atoms with van der Waals surface area (Å²) in [6, 6.07) is 0. The third-order valence-corrected chi connectivity index (χ3v) is 2.67. The molecule has 0 aromatic rings. The lowest BCUT2D eigenvalue weighted by Gasteiger charge is -2.07. The second kappa shape index (κ2) is 7.46. The maximum Gasteiger partial charge on any atom is -0.00651 e. The molecule has 0 aliphatic carbocycles. The Hall–Kier alpha value is 0.350. The molecule has 62 valence electrons. The lowest BCUT2D eigenvalue weighted by Crippen LogP contribution is -1.95. The summed E-state index contributed by atoms with van der Waals surface area (Å²) < 4.78 is 0. The van der Waals surface area contributed by atoms with E-state index in [1.165, 1.54) is 30.8 Å². The van der Waals surface area contributed by atoms with Gasteiger partial charge >= 0.3 is 0 Å². The molecule has 0 aromatic carbocycles. The Kier molecular flexibility index (Phi) is 7.72. The third-order valence-electron chi connectivity index (χ3n) is 1.74. The van der Waals surface area contributed by atoms with Gasteiger partial charge in [-0.2, -0.15) is 11.8 Å². The average molecular weight is 160 g/mol. The van der Waals surface area contributed by atoms with Crippen LogP contribution in [0.2, 0.25) is 0 Å². The van der Waals surface area contributed by atoms with E-state index >= 15 is 0 Å². The van der Waals surface area contributed by atoms with Crippen molar-refractivity contribution < 1.29 is 0 Å². The molecule has 1 atom stereocenters. The fourth-order valence-electron chi connectivity index (χ4n) is 1.07. The topological polar surface area (TPSA) is 0 Å². The van der Waals surface area contributed by atoms with Crippen LogP contribution in [0.3, 0.4) is 0 Å². The van der Waals surface area contributed by atoms with E-state index in [-0.39, 0.29) is 0 Å². The van der Waals surface area contributed by atoms with Crippen LogP contribution in [0.15, 0.2) is 0 Å². The predicted molar refractivity (Wildman–Crippen MR) is 51.7 cm³/mol. The lowest BCUT2D eigenvalue weighted by molar-refractivity contribution is 0.513. The van der Waals surface area contributed by atoms with Crippen molar-refractivity contribution in [1.82, 2.24) is 0 Å². The Bertz CT molecular complexity index is 61.7. The molecule has 0 saturated carbocycles. The Labute approximate surface area is 69.8 Å². The molecule has 0 spiro atoms. The molecule has 0 N–H and O–H groups in total. The highest BCUT2D eigenvalue weighted by Gasteiger charge is 1.98. The van der Waals surface area contributed by atoms with E-state index in [2.05, 4.69) is 32.5 Å². The van der Waals surface area contributed by atoms with Gasteiger partial charge in [-0.1, -0.05) is 33.6 Å². The van der Waals surface area contributed by atoms with Gasteiger partial charge in [0.2, 0.25) is 0 Å². The first-order valence-electron chi connectivity index (χ1n) is 4.39. The van der Waals surface area contributed by atoms with Gasteiger partial charge in [0.15, 0.2) is 0 Å². The zero-order valence-corrected chi connectivity index (χ0v) is 8.34. The maximum atomic E-state index is 2.36. The molecular weight excluding hydrogens is 140 g/mol. The molecule has 1 heteroatoms. The van der Waals surface area contributed by atoms with Crippen molar-refractivity contribution in [1.29, 1.82) is 0 Å². The van der Waals surface area contributed by atoms with Crippen molar-refractivity contribution >= 4 is 11.8 Å². The zero-order chi connectivity index (χ0) is 7.82. The van der Waals surface area contributed by atoms with Crippen molar-refractivity contribution in [2.75, 3.05) is 11.5 Å². The Morgan fingerprint density at radius 1 is 1.20 bits per heavy atom. The van der Waals surface area contributed by atoms with E-state index in [0.717, 1.165) is 5.92 Å². The van der Waals surface area contributed by atoms with Gasteiger partial charge < -0.3 is 0 Å². The number of thioether (sulfide) groups is 1. The molecule has 1 unspecified atom stereocenters. The Morgan fingerprint density at radius 3 is 2.40 bits per heavy atom. The third kappa shape index (κ3) is 6.47. The van der Waals surface area contributed by atoms with Gasteiger partial charge in [-0.15, -0.1) is 0 Å². The first kappa shape index (κ1) is 10.3. The number of hydrogen-bond donors (Lipinski definition) is 0. The largest absolute Gasteiger partial charge is 0.162 e. The highest BCUT2D eigenvalue weighted by atomic mass is 32.2. The van der Waals surface area contributed by atoms with E-state index < -0.39 is 0 Å². The highest BCUT2D eigenvalue weighted by Crippen LogP contribution is 2.13. The van der Waals surface area contributed by atoms with Crippen molar-refractivity contribution in [3.05, 3.63) is 0 Å². The number of rotatable bonds is 6. The SMILES string of the molecule is CCCC(C)CCSCC. The van der Waals surface area contributed by atoms with Crippen molar-refractivity contribution in [3.8, 4) is 0 Å². The van der Waals surface area contributed by atoms with Gasteiger partial charge in [0.1, 0.15) is 0 Å². The molecule has 0 saturated heterocycles. The zero-order valence-electron chi connectivity index (χ0n) is 7.52. The minimum absolute atomic E-state index is 0.948. The van der Waals surface area contributed by atoms with Crippen molar-refractivity contribution in [2.24, 2.45) is 5.92 Å². The molecule has 0 rings (SSSR count). The van der Waals surface area contributed by atoms with E-state index in [9.17, 15) is 0 Å². The summed E-state index contributed by atoms with van der Waals surface area (Å²) in [5.74, 6) is 3.58. The van der Waals surface area contributed by atoms with Crippen molar-refractivity contribution in [3.63, 3.8) is 0 Å². The first-order valence-corrected chi connectivity index (χ1v) is 5.54. The normalized spacial score (nSPS) is 13.5. The van der Waals surface area contributed by atoms with Crippen molar-refractivity contribution in [2.45, 2.75) is 40.0 Å². The van der Waals surface area contributed by atoms with Gasteiger partial charge in [-0.3, -0.25) is 0 Å². The summed E-state index contributed by atoms with van der Waals surface area (Å²) in [5.41, 5.74) is 0. The molecular formula is C9H20S. The maximum absolute atomic E-state index is 2.36. The summed E-state index contributed by atoms with van der Waals surface area (Å²) in [5, 5.41) is 0. The van der Waals surface area contributed by atoms with Crippen LogP contribution in [0.4, 0.5) is 0 Å². The van der Waals surface area contributed by atoms with Gasteiger partial charge in [-0.05, 0) is 23.8 Å². The van der Waals surface area contributed by atoms with Crippen LogP contribution in [-0.4, -0.2) is 11.5 Å². The monoisotopic (exact) mass is 160 g/mol. The van der Waals surface area contributed by atoms with Crippen LogP contribution >= 0.6 is 11.8 Å². The molecule has 0 aliphatic rings. The Morgan fingerprint density at radius 2 is 1.90 bits per heavy atom. The van der Waals surface area contributed by atoms with Gasteiger partial charge in [0.05, 0.1) is 0 Å². The quantitative estimate of drug-likeness (QED) is 0.535. The van der Waals surface area contributed by atoms with Crippen LogP contribution in [0.1, 0.15) is 40.0 Å². The number of hydrogen-bond acceptors (Lipinski definition) is 1. The second-order valence-electron chi connectivity index (χ2n) is 2.88. The Balaban J connectivity index is 2.97. The van der Waals surface area contributed by atoms with E-state index in [1.807, 2.05) is 0 Å². The summed E-state index contributed by atoms with van der Waals surface area (Å²) in [6.07, 6.45) is 4.16. The minimum atomic E-state index is 0.948. The fraction of sp³-hybridized carbons (Fsp3) is 1.00. The van der Waals surface area contributed by atoms with E-state index in [4.69, 9.17) is 0 Å². The molecule has 0 fully saturated rings. The summed E-state index contributed by atoms with van der Waals surface area (Å²) in [7, 11) is 0. The standard InChI is InChI=1S/C9H20S/c1-4-6-9(3)7-8-10-5-2/h9H,4-8H2,1-3H3. The van der Waals surface area contributed by atoms with Crippen LogP contribution < -0.4 is 0 Å². The van der Waals surface area contributed by atoms with Crippen LogP contribution in [0.5, 0.6) is 0 Å². The van der Waals surface area contributed by atoms with Crippen LogP contribution in [0, 0.1) is 5.92 Å². The molecule has 0 aliphatic heterocycles. The molecule has 0 heterocycles. The fourth-order valence-corrected chi connectivity index (χ4v) is 1.92. The van der Waals surface area contributed by atoms with Crippen LogP contribution in [0.25, 0.3) is 0 Å². The average Bonchev–Trinajstić information content (AvgIpc) is 1.89. The van der Waals surface area contributed by atoms with Gasteiger partial charge in [0, 0.05) is 0 Å². The summed E-state index contributed by atoms with van der Waals surface area (Å²) >= 11 is 2.06. The molecule has 10 heavy (non-hydrogen) atoms. The molecule has 0 radical (unpaired) electrons. The molecule has 0 amide bonds. The van der Waals surface area contributed by atoms with E-state index in [0.29, 0.717) is 0 Å². The predicted octanol–water partition coefficient (Wildman–Crippen LogP) is 3.57. The van der Waals surface area contributed by atoms with Gasteiger partial charge in [-0.25, -0.2) is 0 Å². The van der Waals surface area contributed by atoms with Gasteiger partial charge in [0.25, 0.3) is 0 Å². The molecule has 0 nitrogen and oxygen atoms in total. The lowest BCUT2D eigenvalue weighted by atomic mass is 10.0. The smallest absolute Gasteiger partial charge is 0.00651 e. The second-order valence-corrected chi connectivity index (χ2v) is 4.27. The molecule has 0 aromatic heterocycles. The first-order chi connectivity index (χ1) is 4.81. The minimum Gasteiger partial charge on any atom is -0.162 e. The van der Waals surface area contributed by atoms with Crippen LogP contribution in [-0.2, 0) is 0 Å². The summed E-state index contributed by atoms with van der Waals surface area (Å²) in [6.45, 7) is 6.86.